The fourth-order valence-corrected chi connectivity index (χ4v) is 2.64. The van der Waals surface area contributed by atoms with Crippen LogP contribution in [0, 0.1) is 0 Å². The van der Waals surface area contributed by atoms with Gasteiger partial charge in [0, 0.05) is 6.54 Å². The minimum atomic E-state index is 0.517. The first-order valence-electron chi connectivity index (χ1n) is 6.77. The number of fused-ring (bicyclic) bond motifs is 2. The zero-order valence-corrected chi connectivity index (χ0v) is 12.2. The summed E-state index contributed by atoms with van der Waals surface area (Å²) in [5.74, 6) is 1.97. The number of H-pyrrole nitrogens is 1. The van der Waals surface area contributed by atoms with Gasteiger partial charge in [-0.1, -0.05) is 11.6 Å². The number of benzene rings is 1. The van der Waals surface area contributed by atoms with Gasteiger partial charge in [0.1, 0.15) is 25.1 Å². The van der Waals surface area contributed by atoms with Gasteiger partial charge >= 0.3 is 0 Å². The summed E-state index contributed by atoms with van der Waals surface area (Å²) in [6.07, 6.45) is 3.06. The Morgan fingerprint density at radius 3 is 3.05 bits per heavy atom. The maximum atomic E-state index is 6.23. The van der Waals surface area contributed by atoms with Crippen LogP contribution in [0.25, 0.3) is 11.2 Å². The van der Waals surface area contributed by atoms with Crippen molar-refractivity contribution in [2.45, 2.75) is 6.54 Å². The quantitative estimate of drug-likeness (QED) is 0.771. The van der Waals surface area contributed by atoms with E-state index in [0.717, 1.165) is 11.1 Å². The van der Waals surface area contributed by atoms with Crippen LogP contribution in [0.15, 0.2) is 24.8 Å². The lowest BCUT2D eigenvalue weighted by molar-refractivity contribution is 0.171. The van der Waals surface area contributed by atoms with Gasteiger partial charge in [0.25, 0.3) is 0 Å². The van der Waals surface area contributed by atoms with Crippen molar-refractivity contribution < 1.29 is 9.47 Å². The molecule has 0 radical (unpaired) electrons. The summed E-state index contributed by atoms with van der Waals surface area (Å²) < 4.78 is 11.1. The van der Waals surface area contributed by atoms with Crippen LogP contribution in [0.2, 0.25) is 5.02 Å². The summed E-state index contributed by atoms with van der Waals surface area (Å²) in [7, 11) is 0. The van der Waals surface area contributed by atoms with Gasteiger partial charge in [-0.3, -0.25) is 0 Å². The number of ether oxygens (including phenoxy) is 2. The maximum absolute atomic E-state index is 6.23. The van der Waals surface area contributed by atoms with Gasteiger partial charge in [0.2, 0.25) is 0 Å². The molecule has 1 aromatic carbocycles. The third-order valence-electron chi connectivity index (χ3n) is 3.34. The number of nitrogens with one attached hydrogen (secondary N) is 2. The fraction of sp³-hybridized carbons (Fsp3) is 0.214. The molecule has 0 spiro atoms. The van der Waals surface area contributed by atoms with Gasteiger partial charge in [0.15, 0.2) is 23.0 Å². The molecule has 112 valence electrons. The molecule has 0 fully saturated rings. The second-order valence-electron chi connectivity index (χ2n) is 4.78. The molecule has 1 aliphatic rings. The van der Waals surface area contributed by atoms with Crippen LogP contribution in [-0.4, -0.2) is 33.1 Å². The molecule has 8 heteroatoms. The molecule has 4 rings (SSSR count). The highest BCUT2D eigenvalue weighted by atomic mass is 35.5. The lowest BCUT2D eigenvalue weighted by atomic mass is 10.2. The minimum absolute atomic E-state index is 0.517. The van der Waals surface area contributed by atoms with Gasteiger partial charge in [-0.05, 0) is 17.7 Å². The topological polar surface area (TPSA) is 85.0 Å². The smallest absolute Gasteiger partial charge is 0.182 e. The van der Waals surface area contributed by atoms with Crippen LogP contribution < -0.4 is 14.8 Å². The molecule has 2 N–H and O–H groups in total. The molecule has 22 heavy (non-hydrogen) atoms. The Bertz CT molecular complexity index is 835. The number of imidazole rings is 1. The van der Waals surface area contributed by atoms with E-state index in [4.69, 9.17) is 21.1 Å². The maximum Gasteiger partial charge on any atom is 0.182 e. The van der Waals surface area contributed by atoms with Crippen LogP contribution in [0.3, 0.4) is 0 Å². The van der Waals surface area contributed by atoms with Crippen molar-refractivity contribution in [3.63, 3.8) is 0 Å². The lowest BCUT2D eigenvalue weighted by Gasteiger charge is -2.20. The van der Waals surface area contributed by atoms with Gasteiger partial charge in [0.05, 0.1) is 11.3 Å². The van der Waals surface area contributed by atoms with E-state index in [9.17, 15) is 0 Å². The fourth-order valence-electron chi connectivity index (χ4n) is 2.35. The first-order valence-corrected chi connectivity index (χ1v) is 7.15. The summed E-state index contributed by atoms with van der Waals surface area (Å²) in [4.78, 5) is 15.4. The van der Waals surface area contributed by atoms with Crippen LogP contribution >= 0.6 is 11.6 Å². The molecule has 3 heterocycles. The van der Waals surface area contributed by atoms with E-state index in [0.29, 0.717) is 47.7 Å². The molecule has 0 saturated carbocycles. The van der Waals surface area contributed by atoms with Crippen molar-refractivity contribution in [2.24, 2.45) is 0 Å². The van der Waals surface area contributed by atoms with Crippen LogP contribution in [0.4, 0.5) is 5.82 Å². The summed E-state index contributed by atoms with van der Waals surface area (Å²) >= 11 is 6.23. The second kappa shape index (κ2) is 5.34. The average Bonchev–Trinajstić information content (AvgIpc) is 3.02. The van der Waals surface area contributed by atoms with E-state index < -0.39 is 0 Å². The first-order chi connectivity index (χ1) is 10.8. The Kier molecular flexibility index (Phi) is 3.19. The zero-order chi connectivity index (χ0) is 14.9. The first kappa shape index (κ1) is 13.1. The van der Waals surface area contributed by atoms with Crippen molar-refractivity contribution in [3.8, 4) is 11.5 Å². The molecule has 3 aromatic rings. The molecule has 0 saturated heterocycles. The highest BCUT2D eigenvalue weighted by molar-refractivity contribution is 6.32. The third-order valence-corrected chi connectivity index (χ3v) is 3.62. The van der Waals surface area contributed by atoms with Crippen molar-refractivity contribution in [1.82, 2.24) is 19.9 Å². The highest BCUT2D eigenvalue weighted by Gasteiger charge is 2.16. The Morgan fingerprint density at radius 1 is 1.18 bits per heavy atom. The van der Waals surface area contributed by atoms with Gasteiger partial charge < -0.3 is 19.8 Å². The van der Waals surface area contributed by atoms with Crippen molar-refractivity contribution >= 4 is 28.6 Å². The Hall–Kier alpha value is -2.54. The number of halogens is 1. The molecule has 2 aromatic heterocycles. The number of anilines is 1. The number of hydrogen-bond donors (Lipinski definition) is 2. The van der Waals surface area contributed by atoms with Crippen molar-refractivity contribution in [2.75, 3.05) is 18.5 Å². The predicted octanol–water partition coefficient (Wildman–Crippen LogP) is 2.39. The number of nitrogens with zero attached hydrogens (tertiary/aromatic N) is 3. The molecule has 0 atom stereocenters. The normalized spacial score (nSPS) is 13.3. The Morgan fingerprint density at radius 2 is 2.09 bits per heavy atom. The van der Waals surface area contributed by atoms with Crippen LogP contribution in [0.1, 0.15) is 5.56 Å². The molecule has 0 unspecified atom stereocenters. The molecule has 0 aliphatic carbocycles. The van der Waals surface area contributed by atoms with E-state index >= 15 is 0 Å². The van der Waals surface area contributed by atoms with Crippen molar-refractivity contribution in [3.05, 3.63) is 35.4 Å². The number of hydrogen-bond acceptors (Lipinski definition) is 6. The molecule has 7 nitrogen and oxygen atoms in total. The third kappa shape index (κ3) is 2.29. The van der Waals surface area contributed by atoms with Gasteiger partial charge in [-0.25, -0.2) is 15.0 Å². The Balaban J connectivity index is 1.59. The van der Waals surface area contributed by atoms with E-state index in [1.165, 1.54) is 6.33 Å². The monoisotopic (exact) mass is 317 g/mol. The summed E-state index contributed by atoms with van der Waals surface area (Å²) in [6.45, 7) is 1.59. The van der Waals surface area contributed by atoms with Crippen molar-refractivity contribution in [1.29, 1.82) is 0 Å². The molecular formula is C14H12ClN5O2. The molecule has 1 aliphatic heterocycles. The molecular weight excluding hydrogens is 306 g/mol. The summed E-state index contributed by atoms with van der Waals surface area (Å²) in [6, 6.07) is 3.77. The Labute approximate surface area is 130 Å². The predicted molar refractivity (Wildman–Crippen MR) is 81.5 cm³/mol. The SMILES string of the molecule is Clc1cc(CNc2ncnc3nc[nH]c23)cc2c1OCCO2. The lowest BCUT2D eigenvalue weighted by Crippen LogP contribution is -2.16. The second-order valence-corrected chi connectivity index (χ2v) is 5.19. The number of aromatic nitrogens is 4. The van der Waals surface area contributed by atoms with E-state index in [-0.39, 0.29) is 0 Å². The highest BCUT2D eigenvalue weighted by Crippen LogP contribution is 2.38. The van der Waals surface area contributed by atoms with Gasteiger partial charge in [-0.15, -0.1) is 0 Å². The average molecular weight is 318 g/mol. The summed E-state index contributed by atoms with van der Waals surface area (Å²) in [5, 5.41) is 3.79. The van der Waals surface area contributed by atoms with E-state index in [1.54, 1.807) is 6.33 Å². The number of rotatable bonds is 3. The van der Waals surface area contributed by atoms with Crippen LogP contribution in [-0.2, 0) is 6.54 Å². The van der Waals surface area contributed by atoms with Crippen LogP contribution in [0.5, 0.6) is 11.5 Å². The zero-order valence-electron chi connectivity index (χ0n) is 11.5. The molecule has 0 bridgehead atoms. The van der Waals surface area contributed by atoms with E-state index in [2.05, 4.69) is 25.3 Å². The summed E-state index contributed by atoms with van der Waals surface area (Å²) in [5.41, 5.74) is 2.37. The van der Waals surface area contributed by atoms with E-state index in [1.807, 2.05) is 12.1 Å². The number of aromatic amines is 1. The largest absolute Gasteiger partial charge is 0.486 e. The standard InChI is InChI=1S/C14H12ClN5O2/c15-9-3-8(4-10-12(9)22-2-1-21-10)5-16-13-11-14(18-6-17-11)20-7-19-13/h3-4,6-7H,1-2,5H2,(H2,16,17,18,19,20). The minimum Gasteiger partial charge on any atom is -0.486 e. The van der Waals surface area contributed by atoms with Gasteiger partial charge in [-0.2, -0.15) is 0 Å². The molecule has 0 amide bonds.